The Morgan fingerprint density at radius 3 is 2.83 bits per heavy atom. The molecule has 0 unspecified atom stereocenters. The minimum atomic E-state index is -0.269. The maximum absolute atomic E-state index is 11.8. The summed E-state index contributed by atoms with van der Waals surface area (Å²) in [6.07, 6.45) is 0.476. The number of aryl methyl sites for hydroxylation is 2. The lowest BCUT2D eigenvalue weighted by Crippen LogP contribution is -2.26. The van der Waals surface area contributed by atoms with Crippen LogP contribution in [0.25, 0.3) is 0 Å². The summed E-state index contributed by atoms with van der Waals surface area (Å²) in [5.41, 5.74) is 6.59. The molecule has 0 bridgehead atoms. The van der Waals surface area contributed by atoms with Crippen LogP contribution in [-0.2, 0) is 6.42 Å². The molecule has 0 aromatic carbocycles. The first kappa shape index (κ1) is 12.1. The highest BCUT2D eigenvalue weighted by molar-refractivity contribution is 5.99. The number of nitrogens with two attached hydrogens (primary N) is 1. The van der Waals surface area contributed by atoms with Crippen LogP contribution >= 0.6 is 0 Å². The quantitative estimate of drug-likeness (QED) is 0.699. The number of aromatic amines is 1. The number of rotatable bonds is 4. The molecule has 2 aromatic heterocycles. The van der Waals surface area contributed by atoms with Crippen molar-refractivity contribution in [2.24, 2.45) is 0 Å². The van der Waals surface area contributed by atoms with E-state index < -0.39 is 0 Å². The molecular weight excluding hydrogens is 236 g/mol. The number of hydrogen-bond acceptors (Lipinski definition) is 6. The molecule has 0 atom stereocenters. The van der Waals surface area contributed by atoms with Crippen molar-refractivity contribution in [1.82, 2.24) is 25.7 Å². The van der Waals surface area contributed by atoms with Crippen LogP contribution in [0.1, 0.15) is 27.8 Å². The summed E-state index contributed by atoms with van der Waals surface area (Å²) in [5, 5.41) is 12.8. The number of hydrogen-bond donors (Lipinski definition) is 3. The Balaban J connectivity index is 1.89. The zero-order chi connectivity index (χ0) is 13.1. The molecule has 2 aromatic rings. The smallest absolute Gasteiger partial charge is 0.256 e. The number of amides is 1. The number of nitrogen functional groups attached to an aromatic ring is 1. The number of aromatic nitrogens is 4. The third-order valence-electron chi connectivity index (χ3n) is 2.40. The van der Waals surface area contributed by atoms with Crippen molar-refractivity contribution < 1.29 is 9.32 Å². The topological polar surface area (TPSA) is 123 Å². The third-order valence-corrected chi connectivity index (χ3v) is 2.40. The molecule has 0 radical (unpaired) electrons. The lowest BCUT2D eigenvalue weighted by molar-refractivity contribution is 0.0954. The van der Waals surface area contributed by atoms with Gasteiger partial charge in [0, 0.05) is 18.7 Å². The van der Waals surface area contributed by atoms with E-state index in [1.165, 1.54) is 0 Å². The Morgan fingerprint density at radius 1 is 1.50 bits per heavy atom. The minimum absolute atomic E-state index is 0.193. The maximum Gasteiger partial charge on any atom is 0.256 e. The fourth-order valence-electron chi connectivity index (χ4n) is 1.55. The first-order valence-electron chi connectivity index (χ1n) is 5.45. The molecule has 4 N–H and O–H groups in total. The largest absolute Gasteiger partial charge is 0.382 e. The molecule has 8 heteroatoms. The molecule has 0 aliphatic heterocycles. The summed E-state index contributed by atoms with van der Waals surface area (Å²) in [4.78, 5) is 15.9. The molecule has 1 amide bonds. The summed E-state index contributed by atoms with van der Waals surface area (Å²) in [7, 11) is 0. The van der Waals surface area contributed by atoms with Gasteiger partial charge in [0.1, 0.15) is 5.56 Å². The van der Waals surface area contributed by atoms with Gasteiger partial charge in [-0.15, -0.1) is 0 Å². The fourth-order valence-corrected chi connectivity index (χ4v) is 1.55. The highest BCUT2D eigenvalue weighted by atomic mass is 16.5. The van der Waals surface area contributed by atoms with Crippen LogP contribution in [0.15, 0.2) is 4.52 Å². The van der Waals surface area contributed by atoms with Gasteiger partial charge in [-0.25, -0.2) is 0 Å². The van der Waals surface area contributed by atoms with Crippen molar-refractivity contribution in [3.63, 3.8) is 0 Å². The van der Waals surface area contributed by atoms with Gasteiger partial charge >= 0.3 is 0 Å². The number of nitrogens with zero attached hydrogens (tertiary/aromatic N) is 3. The van der Waals surface area contributed by atoms with Gasteiger partial charge in [-0.1, -0.05) is 5.16 Å². The van der Waals surface area contributed by atoms with Crippen LogP contribution in [0.3, 0.4) is 0 Å². The lowest BCUT2D eigenvalue weighted by atomic mass is 10.2. The van der Waals surface area contributed by atoms with Gasteiger partial charge in [0.2, 0.25) is 5.89 Å². The van der Waals surface area contributed by atoms with Gasteiger partial charge in [0.25, 0.3) is 5.91 Å². The maximum atomic E-state index is 11.8. The molecule has 0 spiro atoms. The molecule has 0 fully saturated rings. The van der Waals surface area contributed by atoms with Crippen molar-refractivity contribution >= 4 is 11.7 Å². The van der Waals surface area contributed by atoms with E-state index in [0.717, 1.165) is 0 Å². The number of carbonyl (C=O) groups excluding carboxylic acids is 1. The number of H-pyrrole nitrogens is 1. The molecule has 0 aliphatic carbocycles. The Kier molecular flexibility index (Phi) is 3.26. The van der Waals surface area contributed by atoms with E-state index in [1.807, 2.05) is 0 Å². The first-order chi connectivity index (χ1) is 8.58. The zero-order valence-corrected chi connectivity index (χ0v) is 10.1. The third kappa shape index (κ3) is 2.47. The van der Waals surface area contributed by atoms with Crippen molar-refractivity contribution in [3.05, 3.63) is 23.0 Å². The van der Waals surface area contributed by atoms with Gasteiger partial charge in [0.05, 0.1) is 0 Å². The predicted molar refractivity (Wildman–Crippen MR) is 62.8 cm³/mol. The first-order valence-corrected chi connectivity index (χ1v) is 5.45. The van der Waals surface area contributed by atoms with E-state index in [1.54, 1.807) is 13.8 Å². The van der Waals surface area contributed by atoms with Gasteiger partial charge in [-0.05, 0) is 13.8 Å². The van der Waals surface area contributed by atoms with Crippen molar-refractivity contribution in [3.8, 4) is 0 Å². The van der Waals surface area contributed by atoms with Gasteiger partial charge < -0.3 is 15.6 Å². The molecule has 96 valence electrons. The van der Waals surface area contributed by atoms with E-state index >= 15 is 0 Å². The molecule has 0 saturated carbocycles. The van der Waals surface area contributed by atoms with Crippen LogP contribution in [0, 0.1) is 13.8 Å². The summed E-state index contributed by atoms with van der Waals surface area (Å²) < 4.78 is 4.93. The average Bonchev–Trinajstić information content (AvgIpc) is 2.86. The van der Waals surface area contributed by atoms with E-state index in [4.69, 9.17) is 10.3 Å². The minimum Gasteiger partial charge on any atom is -0.382 e. The van der Waals surface area contributed by atoms with E-state index in [2.05, 4.69) is 25.7 Å². The Bertz CT molecular complexity index is 539. The fraction of sp³-hybridized carbons (Fsp3) is 0.400. The Morgan fingerprint density at radius 2 is 2.28 bits per heavy atom. The lowest BCUT2D eigenvalue weighted by Gasteiger charge is -2.02. The second-order valence-electron chi connectivity index (χ2n) is 3.85. The van der Waals surface area contributed by atoms with E-state index in [-0.39, 0.29) is 11.7 Å². The molecule has 0 aliphatic rings. The summed E-state index contributed by atoms with van der Waals surface area (Å²) >= 11 is 0. The number of anilines is 1. The second-order valence-corrected chi connectivity index (χ2v) is 3.85. The van der Waals surface area contributed by atoms with Gasteiger partial charge in [0.15, 0.2) is 11.6 Å². The summed E-state index contributed by atoms with van der Waals surface area (Å²) in [6.45, 7) is 3.87. The van der Waals surface area contributed by atoms with Crippen molar-refractivity contribution in [2.75, 3.05) is 12.3 Å². The molecule has 18 heavy (non-hydrogen) atoms. The van der Waals surface area contributed by atoms with Gasteiger partial charge in [-0.3, -0.25) is 9.89 Å². The Labute approximate surface area is 103 Å². The van der Waals surface area contributed by atoms with Crippen LogP contribution in [-0.4, -0.2) is 32.8 Å². The molecular formula is C10H14N6O2. The summed E-state index contributed by atoms with van der Waals surface area (Å²) in [5.74, 6) is 0.990. The number of carbonyl (C=O) groups is 1. The highest BCUT2D eigenvalue weighted by Gasteiger charge is 2.15. The van der Waals surface area contributed by atoms with Crippen molar-refractivity contribution in [2.45, 2.75) is 20.3 Å². The van der Waals surface area contributed by atoms with Crippen LogP contribution < -0.4 is 11.1 Å². The van der Waals surface area contributed by atoms with Crippen LogP contribution in [0.2, 0.25) is 0 Å². The summed E-state index contributed by atoms with van der Waals surface area (Å²) in [6, 6.07) is 0. The van der Waals surface area contributed by atoms with Crippen molar-refractivity contribution in [1.29, 1.82) is 0 Å². The van der Waals surface area contributed by atoms with Gasteiger partial charge in [-0.2, -0.15) is 10.1 Å². The highest BCUT2D eigenvalue weighted by Crippen LogP contribution is 2.11. The predicted octanol–water partition coefficient (Wildman–Crippen LogP) is -0.0358. The van der Waals surface area contributed by atoms with E-state index in [0.29, 0.717) is 35.9 Å². The molecule has 2 rings (SSSR count). The number of nitrogens with one attached hydrogen (secondary N) is 2. The SMILES string of the molecule is Cc1noc(CCNC(=O)c2c(N)n[nH]c2C)n1. The second kappa shape index (κ2) is 4.86. The normalized spacial score (nSPS) is 10.6. The van der Waals surface area contributed by atoms with E-state index in [9.17, 15) is 4.79 Å². The molecule has 0 saturated heterocycles. The Hall–Kier alpha value is -2.38. The van der Waals surface area contributed by atoms with Crippen LogP contribution in [0.5, 0.6) is 0 Å². The monoisotopic (exact) mass is 250 g/mol. The van der Waals surface area contributed by atoms with Crippen LogP contribution in [0.4, 0.5) is 5.82 Å². The molecule has 2 heterocycles. The average molecular weight is 250 g/mol. The standard InChI is InChI=1S/C10H14N6O2/c1-5-8(9(11)15-14-5)10(17)12-4-3-7-13-6(2)16-18-7/h3-4H2,1-2H3,(H,12,17)(H3,11,14,15). The zero-order valence-electron chi connectivity index (χ0n) is 10.1. The molecule has 8 nitrogen and oxygen atoms in total.